The van der Waals surface area contributed by atoms with E-state index in [1.807, 2.05) is 6.92 Å². The summed E-state index contributed by atoms with van der Waals surface area (Å²) in [5.41, 5.74) is 2.74. The summed E-state index contributed by atoms with van der Waals surface area (Å²) in [5, 5.41) is 12.3. The van der Waals surface area contributed by atoms with Crippen molar-refractivity contribution in [2.75, 3.05) is 19.6 Å². The molecule has 2 amide bonds. The summed E-state index contributed by atoms with van der Waals surface area (Å²) in [4.78, 5) is 25.4. The zero-order valence-electron chi connectivity index (χ0n) is 14.2. The second kappa shape index (κ2) is 7.24. The Bertz CT molecular complexity index is 616. The summed E-state index contributed by atoms with van der Waals surface area (Å²) in [5.74, 6) is -0.673. The highest BCUT2D eigenvalue weighted by Crippen LogP contribution is 2.31. The Morgan fingerprint density at radius 2 is 2.08 bits per heavy atom. The number of benzene rings is 1. The summed E-state index contributed by atoms with van der Waals surface area (Å²) in [6.45, 7) is 3.58. The minimum absolute atomic E-state index is 0.129. The summed E-state index contributed by atoms with van der Waals surface area (Å²) in [6, 6.07) is 8.33. The number of urea groups is 1. The molecule has 1 aliphatic carbocycles. The Labute approximate surface area is 143 Å². The number of carbonyl (C=O) groups is 2. The van der Waals surface area contributed by atoms with Crippen molar-refractivity contribution in [2.45, 2.75) is 38.5 Å². The minimum Gasteiger partial charge on any atom is -0.481 e. The molecule has 1 aliphatic heterocycles. The molecule has 0 bridgehead atoms. The standard InChI is InChI=1S/C19H26N2O3/c1-13-9-16(18(22)23)12-21(11-13)19(24)20-10-15-7-4-6-14-5-2-3-8-17(14)15/h2-3,5,8,13,15-16H,4,6-7,9-12H2,1H3,(H,20,24)(H,22,23). The molecule has 2 aliphatic rings. The lowest BCUT2D eigenvalue weighted by Gasteiger charge is -2.35. The van der Waals surface area contributed by atoms with Crippen molar-refractivity contribution < 1.29 is 14.7 Å². The second-order valence-electron chi connectivity index (χ2n) is 7.26. The molecule has 3 rings (SSSR count). The molecule has 0 saturated carbocycles. The molecule has 2 N–H and O–H groups in total. The molecule has 130 valence electrons. The zero-order chi connectivity index (χ0) is 17.1. The molecule has 1 aromatic rings. The van der Waals surface area contributed by atoms with Crippen LogP contribution in [-0.2, 0) is 11.2 Å². The molecule has 5 heteroatoms. The first kappa shape index (κ1) is 16.8. The van der Waals surface area contributed by atoms with Gasteiger partial charge in [-0.05, 0) is 42.7 Å². The van der Waals surface area contributed by atoms with Crippen molar-refractivity contribution in [2.24, 2.45) is 11.8 Å². The number of fused-ring (bicyclic) bond motifs is 1. The highest BCUT2D eigenvalue weighted by atomic mass is 16.4. The van der Waals surface area contributed by atoms with Crippen LogP contribution in [0.25, 0.3) is 0 Å². The number of carbonyl (C=O) groups excluding carboxylic acids is 1. The van der Waals surface area contributed by atoms with Crippen molar-refractivity contribution in [3.05, 3.63) is 35.4 Å². The van der Waals surface area contributed by atoms with Crippen molar-refractivity contribution >= 4 is 12.0 Å². The normalized spacial score (nSPS) is 26.5. The molecule has 0 spiro atoms. The number of aryl methyl sites for hydroxylation is 1. The van der Waals surface area contributed by atoms with E-state index < -0.39 is 11.9 Å². The average molecular weight is 330 g/mol. The van der Waals surface area contributed by atoms with Crippen LogP contribution >= 0.6 is 0 Å². The highest BCUT2D eigenvalue weighted by Gasteiger charge is 2.32. The third-order valence-electron chi connectivity index (χ3n) is 5.29. The smallest absolute Gasteiger partial charge is 0.317 e. The van der Waals surface area contributed by atoms with Crippen LogP contribution in [-0.4, -0.2) is 41.6 Å². The van der Waals surface area contributed by atoms with E-state index >= 15 is 0 Å². The number of nitrogens with one attached hydrogen (secondary N) is 1. The summed E-state index contributed by atoms with van der Waals surface area (Å²) in [6.07, 6.45) is 4.00. The lowest BCUT2D eigenvalue weighted by Crippen LogP contribution is -2.50. The van der Waals surface area contributed by atoms with E-state index in [4.69, 9.17) is 0 Å². The van der Waals surface area contributed by atoms with Crippen LogP contribution in [0.3, 0.4) is 0 Å². The molecule has 1 aromatic carbocycles. The fourth-order valence-electron chi connectivity index (χ4n) is 4.09. The van der Waals surface area contributed by atoms with Crippen LogP contribution in [0.15, 0.2) is 24.3 Å². The largest absolute Gasteiger partial charge is 0.481 e. The molecular weight excluding hydrogens is 304 g/mol. The monoisotopic (exact) mass is 330 g/mol. The Morgan fingerprint density at radius 1 is 1.29 bits per heavy atom. The van der Waals surface area contributed by atoms with Gasteiger partial charge in [0.15, 0.2) is 0 Å². The van der Waals surface area contributed by atoms with Gasteiger partial charge in [0.05, 0.1) is 5.92 Å². The molecule has 24 heavy (non-hydrogen) atoms. The number of nitrogens with zero attached hydrogens (tertiary/aromatic N) is 1. The highest BCUT2D eigenvalue weighted by molar-refractivity contribution is 5.76. The first-order valence-corrected chi connectivity index (χ1v) is 8.88. The third-order valence-corrected chi connectivity index (χ3v) is 5.29. The Kier molecular flexibility index (Phi) is 5.07. The van der Waals surface area contributed by atoms with Gasteiger partial charge in [-0.3, -0.25) is 4.79 Å². The molecule has 0 aromatic heterocycles. The lowest BCUT2D eigenvalue weighted by atomic mass is 9.83. The molecule has 1 heterocycles. The van der Waals surface area contributed by atoms with Crippen molar-refractivity contribution in [3.63, 3.8) is 0 Å². The second-order valence-corrected chi connectivity index (χ2v) is 7.26. The maximum absolute atomic E-state index is 12.5. The fraction of sp³-hybridized carbons (Fsp3) is 0.579. The summed E-state index contributed by atoms with van der Waals surface area (Å²) in [7, 11) is 0. The van der Waals surface area contributed by atoms with Gasteiger partial charge in [-0.1, -0.05) is 31.2 Å². The number of likely N-dealkylation sites (tertiary alicyclic amines) is 1. The van der Waals surface area contributed by atoms with Crippen molar-refractivity contribution in [1.82, 2.24) is 10.2 Å². The lowest BCUT2D eigenvalue weighted by molar-refractivity contribution is -0.143. The Hall–Kier alpha value is -2.04. The van der Waals surface area contributed by atoms with Crippen molar-refractivity contribution in [3.8, 4) is 0 Å². The Morgan fingerprint density at radius 3 is 2.88 bits per heavy atom. The predicted octanol–water partition coefficient (Wildman–Crippen LogP) is 2.86. The summed E-state index contributed by atoms with van der Waals surface area (Å²) < 4.78 is 0. The number of piperidine rings is 1. The van der Waals surface area contributed by atoms with Gasteiger partial charge >= 0.3 is 12.0 Å². The van der Waals surface area contributed by atoms with E-state index in [9.17, 15) is 14.7 Å². The van der Waals surface area contributed by atoms with E-state index in [1.165, 1.54) is 11.1 Å². The molecular formula is C19H26N2O3. The molecule has 1 fully saturated rings. The minimum atomic E-state index is -0.805. The topological polar surface area (TPSA) is 69.6 Å². The van der Waals surface area contributed by atoms with Gasteiger partial charge in [0.1, 0.15) is 0 Å². The van der Waals surface area contributed by atoms with Gasteiger partial charge in [0.25, 0.3) is 0 Å². The van der Waals surface area contributed by atoms with Gasteiger partial charge in [-0.25, -0.2) is 4.79 Å². The first-order chi connectivity index (χ1) is 11.5. The predicted molar refractivity (Wildman–Crippen MR) is 92.0 cm³/mol. The average Bonchev–Trinajstić information content (AvgIpc) is 2.59. The number of carboxylic acids is 1. The zero-order valence-corrected chi connectivity index (χ0v) is 14.2. The van der Waals surface area contributed by atoms with Crippen molar-refractivity contribution in [1.29, 1.82) is 0 Å². The Balaban J connectivity index is 1.59. The van der Waals surface area contributed by atoms with Gasteiger partial charge in [0.2, 0.25) is 0 Å². The molecule has 5 nitrogen and oxygen atoms in total. The van der Waals surface area contributed by atoms with Gasteiger partial charge in [-0.2, -0.15) is 0 Å². The third kappa shape index (κ3) is 3.71. The van der Waals surface area contributed by atoms with E-state index in [1.54, 1.807) is 4.90 Å². The van der Waals surface area contributed by atoms with Gasteiger partial charge < -0.3 is 15.3 Å². The molecule has 3 unspecified atom stereocenters. The quantitative estimate of drug-likeness (QED) is 0.895. The maximum atomic E-state index is 12.5. The molecule has 0 radical (unpaired) electrons. The number of aliphatic carboxylic acids is 1. The van der Waals surface area contributed by atoms with E-state index in [-0.39, 0.29) is 11.9 Å². The number of carboxylic acid groups (broad SMARTS) is 1. The molecule has 1 saturated heterocycles. The van der Waals surface area contributed by atoms with Crippen LogP contribution in [0.2, 0.25) is 0 Å². The van der Waals surface area contributed by atoms with Crippen LogP contribution in [0.5, 0.6) is 0 Å². The fourth-order valence-corrected chi connectivity index (χ4v) is 4.09. The SMILES string of the molecule is CC1CC(C(=O)O)CN(C(=O)NCC2CCCc3ccccc32)C1. The van der Waals surface area contributed by atoms with Gasteiger partial charge in [0, 0.05) is 25.6 Å². The van der Waals surface area contributed by atoms with Crippen LogP contribution in [0.1, 0.15) is 43.2 Å². The van der Waals surface area contributed by atoms with Gasteiger partial charge in [-0.15, -0.1) is 0 Å². The van der Waals surface area contributed by atoms with E-state index in [2.05, 4.69) is 29.6 Å². The number of hydrogen-bond donors (Lipinski definition) is 2. The van der Waals surface area contributed by atoms with Crippen LogP contribution in [0.4, 0.5) is 4.79 Å². The first-order valence-electron chi connectivity index (χ1n) is 8.88. The maximum Gasteiger partial charge on any atom is 0.317 e. The number of amides is 2. The number of rotatable bonds is 3. The van der Waals surface area contributed by atoms with E-state index in [0.29, 0.717) is 32.0 Å². The summed E-state index contributed by atoms with van der Waals surface area (Å²) >= 11 is 0. The van der Waals surface area contributed by atoms with Crippen LogP contribution < -0.4 is 5.32 Å². The number of hydrogen-bond acceptors (Lipinski definition) is 2. The molecule has 3 atom stereocenters. The van der Waals surface area contributed by atoms with Crippen LogP contribution in [0, 0.1) is 11.8 Å². The van der Waals surface area contributed by atoms with E-state index in [0.717, 1.165) is 19.3 Å².